The molecule has 7 heteroatoms. The molecule has 0 atom stereocenters. The first-order chi connectivity index (χ1) is 15.5. The first-order valence-corrected chi connectivity index (χ1v) is 10.7. The molecule has 0 bridgehead atoms. The predicted octanol–water partition coefficient (Wildman–Crippen LogP) is 5.36. The van der Waals surface area contributed by atoms with Crippen molar-refractivity contribution in [3.8, 4) is 11.1 Å². The molecule has 0 aliphatic carbocycles. The monoisotopic (exact) mass is 450 g/mol. The van der Waals surface area contributed by atoms with Gasteiger partial charge in [-0.05, 0) is 42.0 Å². The molecule has 0 radical (unpaired) electrons. The highest BCUT2D eigenvalue weighted by atomic mass is 35.5. The molecule has 0 spiro atoms. The van der Waals surface area contributed by atoms with Gasteiger partial charge in [-0.2, -0.15) is 0 Å². The van der Waals surface area contributed by atoms with Crippen molar-refractivity contribution in [2.24, 2.45) is 0 Å². The summed E-state index contributed by atoms with van der Waals surface area (Å²) in [6, 6.07) is 17.0. The van der Waals surface area contributed by atoms with E-state index in [1.807, 2.05) is 24.3 Å². The average molecular weight is 451 g/mol. The highest BCUT2D eigenvalue weighted by molar-refractivity contribution is 6.38. The highest BCUT2D eigenvalue weighted by Crippen LogP contribution is 2.42. The Morgan fingerprint density at radius 3 is 2.50 bits per heavy atom. The Morgan fingerprint density at radius 1 is 1.03 bits per heavy atom. The van der Waals surface area contributed by atoms with Gasteiger partial charge in [0, 0.05) is 35.5 Å². The number of ether oxygens (including phenoxy) is 1. The van der Waals surface area contributed by atoms with E-state index in [1.54, 1.807) is 18.2 Å². The SMILES string of the molecule is O=C1Nc2cc(Cl)c(-c3ccc(N4CCOCC4)cc3)cc2C1=C(O)c1cccc(F)c1. The van der Waals surface area contributed by atoms with Crippen LogP contribution in [0.4, 0.5) is 15.8 Å². The molecule has 2 aliphatic heterocycles. The van der Waals surface area contributed by atoms with Crippen LogP contribution in [-0.2, 0) is 9.53 Å². The van der Waals surface area contributed by atoms with Gasteiger partial charge in [0.2, 0.25) is 0 Å². The largest absolute Gasteiger partial charge is 0.506 e. The van der Waals surface area contributed by atoms with E-state index in [0.717, 1.165) is 29.9 Å². The smallest absolute Gasteiger partial charge is 0.260 e. The summed E-state index contributed by atoms with van der Waals surface area (Å²) in [5.74, 6) is -1.24. The van der Waals surface area contributed by atoms with E-state index in [2.05, 4.69) is 10.2 Å². The molecule has 1 fully saturated rings. The van der Waals surface area contributed by atoms with Crippen molar-refractivity contribution < 1.29 is 19.0 Å². The van der Waals surface area contributed by atoms with E-state index in [-0.39, 0.29) is 16.9 Å². The van der Waals surface area contributed by atoms with Crippen molar-refractivity contribution in [3.05, 3.63) is 82.6 Å². The highest BCUT2D eigenvalue weighted by Gasteiger charge is 2.30. The summed E-state index contributed by atoms with van der Waals surface area (Å²) >= 11 is 6.54. The van der Waals surface area contributed by atoms with Gasteiger partial charge < -0.3 is 20.1 Å². The van der Waals surface area contributed by atoms with Crippen LogP contribution < -0.4 is 10.2 Å². The lowest BCUT2D eigenvalue weighted by atomic mass is 9.97. The molecule has 3 aromatic carbocycles. The topological polar surface area (TPSA) is 61.8 Å². The number of aliphatic hydroxyl groups is 1. The minimum atomic E-state index is -0.495. The molecule has 0 aromatic heterocycles. The second-order valence-electron chi connectivity index (χ2n) is 7.71. The fraction of sp³-hybridized carbons (Fsp3) is 0.160. The van der Waals surface area contributed by atoms with Gasteiger partial charge in [-0.1, -0.05) is 35.9 Å². The van der Waals surface area contributed by atoms with E-state index < -0.39 is 11.7 Å². The second-order valence-corrected chi connectivity index (χ2v) is 8.12. The van der Waals surface area contributed by atoms with E-state index in [1.165, 1.54) is 18.2 Å². The Bertz CT molecular complexity index is 1230. The van der Waals surface area contributed by atoms with Crippen LogP contribution in [0.25, 0.3) is 22.5 Å². The van der Waals surface area contributed by atoms with Gasteiger partial charge in [-0.15, -0.1) is 0 Å². The molecule has 162 valence electrons. The van der Waals surface area contributed by atoms with Crippen molar-refractivity contribution in [1.82, 2.24) is 0 Å². The molecular weight excluding hydrogens is 431 g/mol. The minimum Gasteiger partial charge on any atom is -0.506 e. The lowest BCUT2D eigenvalue weighted by Gasteiger charge is -2.29. The number of fused-ring (bicyclic) bond motifs is 1. The third kappa shape index (κ3) is 3.72. The summed E-state index contributed by atoms with van der Waals surface area (Å²) in [4.78, 5) is 14.9. The maximum atomic E-state index is 13.7. The van der Waals surface area contributed by atoms with Crippen LogP contribution in [0.2, 0.25) is 5.02 Å². The summed E-state index contributed by atoms with van der Waals surface area (Å²) in [5, 5.41) is 14.0. The number of carbonyl (C=O) groups is 1. The Kier molecular flexibility index (Phi) is 5.33. The molecule has 3 aromatic rings. The van der Waals surface area contributed by atoms with Crippen LogP contribution in [-0.4, -0.2) is 37.3 Å². The number of hydrogen-bond donors (Lipinski definition) is 2. The zero-order valence-corrected chi connectivity index (χ0v) is 17.8. The number of halogens is 2. The summed E-state index contributed by atoms with van der Waals surface area (Å²) in [7, 11) is 0. The zero-order valence-electron chi connectivity index (χ0n) is 17.1. The Labute approximate surface area is 189 Å². The van der Waals surface area contributed by atoms with Gasteiger partial charge in [0.05, 0.1) is 29.5 Å². The molecule has 5 rings (SSSR count). The van der Waals surface area contributed by atoms with Crippen molar-refractivity contribution >= 4 is 40.2 Å². The number of amides is 1. The normalized spacial score (nSPS) is 17.2. The molecule has 0 saturated carbocycles. The summed E-state index contributed by atoms with van der Waals surface area (Å²) in [5.41, 5.74) is 4.08. The zero-order chi connectivity index (χ0) is 22.2. The molecule has 5 nitrogen and oxygen atoms in total. The molecule has 1 amide bonds. The molecule has 2 heterocycles. The maximum absolute atomic E-state index is 13.7. The number of benzene rings is 3. The van der Waals surface area contributed by atoms with Gasteiger partial charge in [0.25, 0.3) is 5.91 Å². The standard InChI is InChI=1S/C25H20ClFN2O3/c26-21-14-22-20(23(25(31)28-22)24(30)16-2-1-3-17(27)12-16)13-19(21)15-4-6-18(7-5-15)29-8-10-32-11-9-29/h1-7,12-14,30H,8-11H2,(H,28,31). The van der Waals surface area contributed by atoms with Crippen molar-refractivity contribution in [2.75, 3.05) is 36.5 Å². The number of rotatable bonds is 3. The number of nitrogens with one attached hydrogen (secondary N) is 1. The van der Waals surface area contributed by atoms with Gasteiger partial charge in [0.15, 0.2) is 0 Å². The fourth-order valence-electron chi connectivity index (χ4n) is 4.10. The van der Waals surface area contributed by atoms with Gasteiger partial charge in [0.1, 0.15) is 11.6 Å². The average Bonchev–Trinajstić information content (AvgIpc) is 3.13. The van der Waals surface area contributed by atoms with Crippen LogP contribution in [0.1, 0.15) is 11.1 Å². The number of carbonyl (C=O) groups excluding carboxylic acids is 1. The maximum Gasteiger partial charge on any atom is 0.260 e. The third-order valence-electron chi connectivity index (χ3n) is 5.74. The van der Waals surface area contributed by atoms with Crippen molar-refractivity contribution in [3.63, 3.8) is 0 Å². The first-order valence-electron chi connectivity index (χ1n) is 10.3. The molecular formula is C25H20ClFN2O3. The molecule has 1 saturated heterocycles. The van der Waals surface area contributed by atoms with Crippen LogP contribution >= 0.6 is 11.6 Å². The van der Waals surface area contributed by atoms with Crippen LogP contribution in [0, 0.1) is 5.82 Å². The quantitative estimate of drug-likeness (QED) is 0.416. The van der Waals surface area contributed by atoms with Crippen molar-refractivity contribution in [1.29, 1.82) is 0 Å². The summed E-state index contributed by atoms with van der Waals surface area (Å²) in [6.07, 6.45) is 0. The second kappa shape index (κ2) is 8.30. The molecule has 2 aliphatic rings. The predicted molar refractivity (Wildman–Crippen MR) is 124 cm³/mol. The fourth-order valence-corrected chi connectivity index (χ4v) is 4.37. The van der Waals surface area contributed by atoms with Gasteiger partial charge >= 0.3 is 0 Å². The number of nitrogens with zero attached hydrogens (tertiary/aromatic N) is 1. The molecule has 0 unspecified atom stereocenters. The number of hydrogen-bond acceptors (Lipinski definition) is 4. The first kappa shape index (κ1) is 20.5. The number of morpholine rings is 1. The Balaban J connectivity index is 1.54. The number of aliphatic hydroxyl groups excluding tert-OH is 1. The van der Waals surface area contributed by atoms with E-state index >= 15 is 0 Å². The minimum absolute atomic E-state index is 0.0912. The van der Waals surface area contributed by atoms with E-state index in [0.29, 0.717) is 29.5 Å². The van der Waals surface area contributed by atoms with Crippen molar-refractivity contribution in [2.45, 2.75) is 0 Å². The lowest BCUT2D eigenvalue weighted by molar-refractivity contribution is -0.110. The van der Waals surface area contributed by atoms with Gasteiger partial charge in [-0.25, -0.2) is 4.39 Å². The summed E-state index contributed by atoms with van der Waals surface area (Å²) < 4.78 is 19.1. The van der Waals surface area contributed by atoms with Crippen LogP contribution in [0.3, 0.4) is 0 Å². The van der Waals surface area contributed by atoms with Crippen LogP contribution in [0.15, 0.2) is 60.7 Å². The third-order valence-corrected chi connectivity index (χ3v) is 6.05. The van der Waals surface area contributed by atoms with E-state index in [4.69, 9.17) is 16.3 Å². The summed E-state index contributed by atoms with van der Waals surface area (Å²) in [6.45, 7) is 3.12. The number of anilines is 2. The molecule has 2 N–H and O–H groups in total. The van der Waals surface area contributed by atoms with Crippen LogP contribution in [0.5, 0.6) is 0 Å². The van der Waals surface area contributed by atoms with E-state index in [9.17, 15) is 14.3 Å². The lowest BCUT2D eigenvalue weighted by Crippen LogP contribution is -2.36. The Hall–Kier alpha value is -3.35. The Morgan fingerprint density at radius 2 is 1.78 bits per heavy atom. The van der Waals surface area contributed by atoms with Gasteiger partial charge in [-0.3, -0.25) is 4.79 Å². The molecule has 32 heavy (non-hydrogen) atoms.